The molecule has 2 aromatic rings. The lowest BCUT2D eigenvalue weighted by molar-refractivity contribution is -0.127. The van der Waals surface area contributed by atoms with Gasteiger partial charge in [-0.05, 0) is 67.6 Å². The summed E-state index contributed by atoms with van der Waals surface area (Å²) < 4.78 is 11.5. The zero-order valence-electron chi connectivity index (χ0n) is 18.9. The van der Waals surface area contributed by atoms with E-state index >= 15 is 0 Å². The molecular weight excluding hydrogens is 560 g/mol. The molecule has 0 aliphatic carbocycles. The van der Waals surface area contributed by atoms with Crippen LogP contribution in [0.25, 0.3) is 6.08 Å². The third kappa shape index (κ3) is 6.87. The summed E-state index contributed by atoms with van der Waals surface area (Å²) in [6, 6.07) is 9.71. The number of carbonyl (C=O) groups excluding carboxylic acids is 4. The molecule has 1 aliphatic heterocycles. The number of nitrogens with one attached hydrogen (secondary N) is 1. The predicted molar refractivity (Wildman–Crippen MR) is 139 cm³/mol. The molecule has 0 atom stereocenters. The van der Waals surface area contributed by atoms with Crippen molar-refractivity contribution in [2.45, 2.75) is 20.3 Å². The Balaban J connectivity index is 1.73. The monoisotopic (exact) mass is 580 g/mol. The van der Waals surface area contributed by atoms with Gasteiger partial charge in [-0.15, -0.1) is 0 Å². The van der Waals surface area contributed by atoms with Crippen molar-refractivity contribution in [3.63, 3.8) is 0 Å². The number of anilines is 1. The molecule has 1 heterocycles. The van der Waals surface area contributed by atoms with E-state index in [0.29, 0.717) is 17.9 Å². The minimum absolute atomic E-state index is 0.0931. The molecule has 0 aromatic heterocycles. The van der Waals surface area contributed by atoms with Gasteiger partial charge in [0.1, 0.15) is 12.3 Å². The normalized spacial score (nSPS) is 14.4. The number of amides is 3. The van der Waals surface area contributed by atoms with Crippen molar-refractivity contribution in [2.24, 2.45) is 0 Å². The maximum absolute atomic E-state index is 12.9. The number of esters is 1. The summed E-state index contributed by atoms with van der Waals surface area (Å²) in [6.07, 6.45) is 2.39. The van der Waals surface area contributed by atoms with E-state index in [0.717, 1.165) is 27.6 Å². The number of thioether (sulfide) groups is 1. The summed E-state index contributed by atoms with van der Waals surface area (Å²) in [4.78, 5) is 51.0. The van der Waals surface area contributed by atoms with Crippen molar-refractivity contribution >= 4 is 74.1 Å². The molecule has 0 spiro atoms. The third-order valence-corrected chi connectivity index (χ3v) is 6.37. The van der Waals surface area contributed by atoms with Crippen LogP contribution in [0.4, 0.5) is 10.5 Å². The second-order valence-corrected chi connectivity index (χ2v) is 9.58. The molecule has 0 saturated carbocycles. The van der Waals surface area contributed by atoms with Gasteiger partial charge >= 0.3 is 5.97 Å². The molecule has 0 bridgehead atoms. The Labute approximate surface area is 220 Å². The molecule has 0 radical (unpaired) electrons. The van der Waals surface area contributed by atoms with Gasteiger partial charge in [-0.2, -0.15) is 0 Å². The molecule has 0 unspecified atom stereocenters. The van der Waals surface area contributed by atoms with Crippen LogP contribution in [-0.4, -0.2) is 47.7 Å². The standard InChI is InChI=1S/C24H22BrClN2O6S/c1-3-9-34-19-8-5-15(25)10-14(19)11-20-22(30)28(24(32)35-20)13-21(29)27-16-6-7-18(26)17(12-16)23(31)33-4-2/h5-8,10-12H,3-4,9,13H2,1-2H3,(H,27,29)/b20-11+. The molecule has 35 heavy (non-hydrogen) atoms. The number of benzene rings is 2. The van der Waals surface area contributed by atoms with Crippen LogP contribution in [0.5, 0.6) is 5.75 Å². The number of rotatable bonds is 9. The highest BCUT2D eigenvalue weighted by molar-refractivity contribution is 9.10. The van der Waals surface area contributed by atoms with E-state index in [1.54, 1.807) is 25.1 Å². The smallest absolute Gasteiger partial charge is 0.339 e. The SMILES string of the molecule is CCCOc1ccc(Br)cc1/C=C1/SC(=O)N(CC(=O)Nc2ccc(Cl)c(C(=O)OCC)c2)C1=O. The van der Waals surface area contributed by atoms with E-state index < -0.39 is 29.6 Å². The Morgan fingerprint density at radius 2 is 1.94 bits per heavy atom. The summed E-state index contributed by atoms with van der Waals surface area (Å²) in [5.41, 5.74) is 1.00. The zero-order valence-corrected chi connectivity index (χ0v) is 22.1. The Morgan fingerprint density at radius 1 is 1.17 bits per heavy atom. The van der Waals surface area contributed by atoms with Crippen molar-refractivity contribution in [3.05, 3.63) is 61.9 Å². The fourth-order valence-corrected chi connectivity index (χ4v) is 4.47. The van der Waals surface area contributed by atoms with Gasteiger partial charge in [0.2, 0.25) is 5.91 Å². The van der Waals surface area contributed by atoms with E-state index in [1.165, 1.54) is 18.2 Å². The molecule has 1 aliphatic rings. The molecule has 3 rings (SSSR count). The van der Waals surface area contributed by atoms with Crippen LogP contribution < -0.4 is 10.1 Å². The number of nitrogens with zero attached hydrogens (tertiary/aromatic N) is 1. The lowest BCUT2D eigenvalue weighted by Gasteiger charge is -2.13. The number of carbonyl (C=O) groups is 4. The Morgan fingerprint density at radius 3 is 2.66 bits per heavy atom. The zero-order chi connectivity index (χ0) is 25.5. The highest BCUT2D eigenvalue weighted by Crippen LogP contribution is 2.35. The number of hydrogen-bond acceptors (Lipinski definition) is 7. The molecule has 2 aromatic carbocycles. The summed E-state index contributed by atoms with van der Waals surface area (Å²) in [6.45, 7) is 3.84. The molecule has 11 heteroatoms. The van der Waals surface area contributed by atoms with Crippen molar-refractivity contribution in [3.8, 4) is 5.75 Å². The van der Waals surface area contributed by atoms with Crippen LogP contribution in [0.15, 0.2) is 45.8 Å². The largest absolute Gasteiger partial charge is 0.493 e. The second kappa shape index (κ2) is 12.2. The van der Waals surface area contributed by atoms with Crippen LogP contribution in [0.1, 0.15) is 36.2 Å². The van der Waals surface area contributed by atoms with Crippen molar-refractivity contribution < 1.29 is 28.7 Å². The van der Waals surface area contributed by atoms with Crippen LogP contribution in [0.3, 0.4) is 0 Å². The Bertz CT molecular complexity index is 1200. The first-order valence-electron chi connectivity index (χ1n) is 10.7. The van der Waals surface area contributed by atoms with Gasteiger partial charge in [-0.25, -0.2) is 4.79 Å². The van der Waals surface area contributed by atoms with Crippen LogP contribution >= 0.6 is 39.3 Å². The van der Waals surface area contributed by atoms with Gasteiger partial charge in [0, 0.05) is 15.7 Å². The molecular formula is C24H22BrClN2O6S. The van der Waals surface area contributed by atoms with Crippen molar-refractivity contribution in [1.82, 2.24) is 4.90 Å². The van der Waals surface area contributed by atoms with Gasteiger partial charge in [-0.1, -0.05) is 34.5 Å². The Kier molecular flexibility index (Phi) is 9.36. The predicted octanol–water partition coefficient (Wildman–Crippen LogP) is 5.74. The number of imide groups is 1. The van der Waals surface area contributed by atoms with E-state index in [1.807, 2.05) is 13.0 Å². The van der Waals surface area contributed by atoms with Gasteiger partial charge in [0.05, 0.1) is 28.7 Å². The van der Waals surface area contributed by atoms with E-state index in [4.69, 9.17) is 21.1 Å². The number of ether oxygens (including phenoxy) is 2. The second-order valence-electron chi connectivity index (χ2n) is 7.26. The van der Waals surface area contributed by atoms with Crippen LogP contribution in [-0.2, 0) is 14.3 Å². The van der Waals surface area contributed by atoms with E-state index in [2.05, 4.69) is 21.2 Å². The maximum atomic E-state index is 12.9. The fraction of sp³-hybridized carbons (Fsp3) is 0.250. The molecule has 1 fully saturated rings. The van der Waals surface area contributed by atoms with E-state index in [9.17, 15) is 19.2 Å². The lowest BCUT2D eigenvalue weighted by atomic mass is 10.2. The number of halogens is 2. The highest BCUT2D eigenvalue weighted by Gasteiger charge is 2.36. The first-order valence-corrected chi connectivity index (χ1v) is 12.7. The first kappa shape index (κ1) is 26.8. The number of hydrogen-bond donors (Lipinski definition) is 1. The first-order chi connectivity index (χ1) is 16.7. The van der Waals surface area contributed by atoms with Gasteiger partial charge in [-0.3, -0.25) is 19.3 Å². The van der Waals surface area contributed by atoms with Gasteiger partial charge in [0.15, 0.2) is 0 Å². The molecule has 184 valence electrons. The topological polar surface area (TPSA) is 102 Å². The average molecular weight is 582 g/mol. The molecule has 3 amide bonds. The molecule has 1 N–H and O–H groups in total. The third-order valence-electron chi connectivity index (χ3n) is 4.64. The fourth-order valence-electron chi connectivity index (χ4n) is 3.07. The van der Waals surface area contributed by atoms with Gasteiger partial charge in [0.25, 0.3) is 11.1 Å². The highest BCUT2D eigenvalue weighted by atomic mass is 79.9. The molecule has 1 saturated heterocycles. The van der Waals surface area contributed by atoms with E-state index in [-0.39, 0.29) is 27.8 Å². The van der Waals surface area contributed by atoms with Gasteiger partial charge < -0.3 is 14.8 Å². The summed E-state index contributed by atoms with van der Waals surface area (Å²) in [5.74, 6) is -1.24. The minimum Gasteiger partial charge on any atom is -0.493 e. The summed E-state index contributed by atoms with van der Waals surface area (Å²) in [7, 11) is 0. The molecule has 8 nitrogen and oxygen atoms in total. The van der Waals surface area contributed by atoms with Crippen LogP contribution in [0.2, 0.25) is 5.02 Å². The summed E-state index contributed by atoms with van der Waals surface area (Å²) in [5, 5.41) is 2.18. The summed E-state index contributed by atoms with van der Waals surface area (Å²) >= 11 is 10.2. The quantitative estimate of drug-likeness (QED) is 0.297. The van der Waals surface area contributed by atoms with Crippen molar-refractivity contribution in [1.29, 1.82) is 0 Å². The average Bonchev–Trinajstić information content (AvgIpc) is 3.07. The Hall–Kier alpha value is -2.82. The van der Waals surface area contributed by atoms with Crippen molar-refractivity contribution in [2.75, 3.05) is 25.1 Å². The maximum Gasteiger partial charge on any atom is 0.339 e. The lowest BCUT2D eigenvalue weighted by Crippen LogP contribution is -2.36. The minimum atomic E-state index is -0.625. The van der Waals surface area contributed by atoms with Crippen LogP contribution in [0, 0.1) is 0 Å².